The fourth-order valence-electron chi connectivity index (χ4n) is 1.83. The van der Waals surface area contributed by atoms with Crippen LogP contribution in [0.5, 0.6) is 0 Å². The lowest BCUT2D eigenvalue weighted by Crippen LogP contribution is -2.21. The molecule has 0 aromatic carbocycles. The third kappa shape index (κ3) is 2.91. The van der Waals surface area contributed by atoms with Crippen LogP contribution >= 0.6 is 0 Å². The zero-order chi connectivity index (χ0) is 12.3. The highest BCUT2D eigenvalue weighted by Gasteiger charge is 2.23. The highest BCUT2D eigenvalue weighted by Crippen LogP contribution is 2.20. The van der Waals surface area contributed by atoms with Gasteiger partial charge >= 0.3 is 5.97 Å². The maximum Gasteiger partial charge on any atom is 0.356 e. The molecule has 6 heteroatoms. The number of nitrogens with one attached hydrogen (secondary N) is 1. The summed E-state index contributed by atoms with van der Waals surface area (Å²) in [5, 5.41) is 11.9. The van der Waals surface area contributed by atoms with Crippen molar-refractivity contribution in [2.45, 2.75) is 19.4 Å². The number of nitrogens with zero attached hydrogens (tertiary/aromatic N) is 2. The summed E-state index contributed by atoms with van der Waals surface area (Å²) >= 11 is 0. The Labute approximate surface area is 99.0 Å². The standard InChI is InChI=1S/C11H15N3O3/c1-7-8(2-3-17-7)4-13-10-6-12-5-9(14-10)11(15)16/h5-8H,2-4H2,1H3,(H,13,14)(H,15,16). The van der Waals surface area contributed by atoms with Crippen LogP contribution in [0.4, 0.5) is 5.82 Å². The summed E-state index contributed by atoms with van der Waals surface area (Å²) in [5.41, 5.74) is -0.0503. The molecule has 0 saturated carbocycles. The van der Waals surface area contributed by atoms with Crippen LogP contribution in [-0.4, -0.2) is 40.3 Å². The predicted molar refractivity (Wildman–Crippen MR) is 61.0 cm³/mol. The van der Waals surface area contributed by atoms with Crippen LogP contribution in [0.1, 0.15) is 23.8 Å². The normalized spacial score (nSPS) is 23.6. The molecule has 0 amide bonds. The van der Waals surface area contributed by atoms with Gasteiger partial charge < -0.3 is 15.2 Å². The Morgan fingerprint density at radius 1 is 1.65 bits per heavy atom. The molecule has 6 nitrogen and oxygen atoms in total. The van der Waals surface area contributed by atoms with Gasteiger partial charge in [-0.15, -0.1) is 0 Å². The fourth-order valence-corrected chi connectivity index (χ4v) is 1.83. The summed E-state index contributed by atoms with van der Waals surface area (Å²) in [6, 6.07) is 0. The number of ether oxygens (including phenoxy) is 1. The predicted octanol–water partition coefficient (Wildman–Crippen LogP) is 1.01. The largest absolute Gasteiger partial charge is 0.476 e. The van der Waals surface area contributed by atoms with Crippen molar-refractivity contribution in [3.8, 4) is 0 Å². The Kier molecular flexibility index (Phi) is 3.53. The van der Waals surface area contributed by atoms with Crippen LogP contribution in [-0.2, 0) is 4.74 Å². The second-order valence-corrected chi connectivity index (χ2v) is 4.10. The molecule has 0 aliphatic carbocycles. The Morgan fingerprint density at radius 2 is 2.47 bits per heavy atom. The van der Waals surface area contributed by atoms with Gasteiger partial charge in [-0.25, -0.2) is 9.78 Å². The van der Waals surface area contributed by atoms with Gasteiger partial charge in [0.1, 0.15) is 5.82 Å². The lowest BCUT2D eigenvalue weighted by Gasteiger charge is -2.14. The first-order chi connectivity index (χ1) is 8.16. The van der Waals surface area contributed by atoms with E-state index in [1.165, 1.54) is 12.4 Å². The number of aromatic nitrogens is 2. The number of rotatable bonds is 4. The van der Waals surface area contributed by atoms with Gasteiger partial charge in [-0.2, -0.15) is 0 Å². The number of aromatic carboxylic acids is 1. The number of hydrogen-bond acceptors (Lipinski definition) is 5. The van der Waals surface area contributed by atoms with Gasteiger partial charge in [0, 0.05) is 19.1 Å². The first-order valence-corrected chi connectivity index (χ1v) is 5.57. The van der Waals surface area contributed by atoms with Crippen molar-refractivity contribution in [1.29, 1.82) is 0 Å². The number of hydrogen-bond donors (Lipinski definition) is 2. The van der Waals surface area contributed by atoms with Crippen molar-refractivity contribution in [2.24, 2.45) is 5.92 Å². The molecule has 1 aliphatic heterocycles. The van der Waals surface area contributed by atoms with E-state index in [9.17, 15) is 4.79 Å². The average molecular weight is 237 g/mol. The molecule has 17 heavy (non-hydrogen) atoms. The van der Waals surface area contributed by atoms with E-state index >= 15 is 0 Å². The molecular formula is C11H15N3O3. The van der Waals surface area contributed by atoms with Crippen molar-refractivity contribution < 1.29 is 14.6 Å². The van der Waals surface area contributed by atoms with E-state index in [4.69, 9.17) is 9.84 Å². The molecule has 2 atom stereocenters. The summed E-state index contributed by atoms with van der Waals surface area (Å²) in [6.45, 7) is 3.55. The van der Waals surface area contributed by atoms with Crippen LogP contribution in [0.2, 0.25) is 0 Å². The monoisotopic (exact) mass is 237 g/mol. The van der Waals surface area contributed by atoms with E-state index in [0.717, 1.165) is 19.6 Å². The van der Waals surface area contributed by atoms with Crippen molar-refractivity contribution in [3.05, 3.63) is 18.1 Å². The third-order valence-electron chi connectivity index (χ3n) is 2.93. The quantitative estimate of drug-likeness (QED) is 0.813. The highest BCUT2D eigenvalue weighted by molar-refractivity contribution is 5.85. The summed E-state index contributed by atoms with van der Waals surface area (Å²) in [6.07, 6.45) is 4.00. The topological polar surface area (TPSA) is 84.3 Å². The van der Waals surface area contributed by atoms with Crippen molar-refractivity contribution in [3.63, 3.8) is 0 Å². The minimum Gasteiger partial charge on any atom is -0.476 e. The lowest BCUT2D eigenvalue weighted by molar-refractivity contribution is 0.0690. The number of carbonyl (C=O) groups is 1. The Morgan fingerprint density at radius 3 is 3.12 bits per heavy atom. The molecule has 2 rings (SSSR count). The Hall–Kier alpha value is -1.69. The van der Waals surface area contributed by atoms with Gasteiger partial charge in [0.05, 0.1) is 18.5 Å². The highest BCUT2D eigenvalue weighted by atomic mass is 16.5. The molecule has 2 heterocycles. The van der Waals surface area contributed by atoms with Crippen LogP contribution < -0.4 is 5.32 Å². The number of anilines is 1. The number of carboxylic acids is 1. The minimum atomic E-state index is -1.07. The molecular weight excluding hydrogens is 222 g/mol. The molecule has 0 spiro atoms. The molecule has 1 aromatic heterocycles. The summed E-state index contributed by atoms with van der Waals surface area (Å²) in [4.78, 5) is 18.5. The Balaban J connectivity index is 1.94. The van der Waals surface area contributed by atoms with E-state index in [1.54, 1.807) is 0 Å². The summed E-state index contributed by atoms with van der Waals surface area (Å²) in [7, 11) is 0. The van der Waals surface area contributed by atoms with Gasteiger partial charge in [-0.1, -0.05) is 0 Å². The molecule has 1 aliphatic rings. The van der Waals surface area contributed by atoms with Crippen LogP contribution in [0.25, 0.3) is 0 Å². The zero-order valence-corrected chi connectivity index (χ0v) is 9.59. The van der Waals surface area contributed by atoms with Crippen LogP contribution in [0, 0.1) is 5.92 Å². The molecule has 1 saturated heterocycles. The Bertz CT molecular complexity index is 411. The van der Waals surface area contributed by atoms with Crippen molar-refractivity contribution in [2.75, 3.05) is 18.5 Å². The maximum absolute atomic E-state index is 10.7. The van der Waals surface area contributed by atoms with Gasteiger partial charge in [-0.05, 0) is 13.3 Å². The van der Waals surface area contributed by atoms with E-state index in [1.807, 2.05) is 6.92 Å². The van der Waals surface area contributed by atoms with E-state index < -0.39 is 5.97 Å². The lowest BCUT2D eigenvalue weighted by atomic mass is 10.0. The molecule has 0 radical (unpaired) electrons. The molecule has 92 valence electrons. The maximum atomic E-state index is 10.7. The minimum absolute atomic E-state index is 0.0503. The molecule has 2 unspecified atom stereocenters. The zero-order valence-electron chi connectivity index (χ0n) is 9.59. The SMILES string of the molecule is CC1OCCC1CNc1cncc(C(=O)O)n1. The van der Waals surface area contributed by atoms with Crippen molar-refractivity contribution >= 4 is 11.8 Å². The van der Waals surface area contributed by atoms with Gasteiger partial charge in [0.2, 0.25) is 0 Å². The van der Waals surface area contributed by atoms with E-state index in [-0.39, 0.29) is 11.8 Å². The summed E-state index contributed by atoms with van der Waals surface area (Å²) in [5.74, 6) is -0.145. The van der Waals surface area contributed by atoms with E-state index in [0.29, 0.717) is 11.7 Å². The molecule has 0 bridgehead atoms. The van der Waals surface area contributed by atoms with Crippen molar-refractivity contribution in [1.82, 2.24) is 9.97 Å². The second kappa shape index (κ2) is 5.09. The smallest absolute Gasteiger partial charge is 0.356 e. The average Bonchev–Trinajstić information content (AvgIpc) is 2.72. The molecule has 1 fully saturated rings. The summed E-state index contributed by atoms with van der Waals surface area (Å²) < 4.78 is 5.45. The van der Waals surface area contributed by atoms with Crippen LogP contribution in [0.3, 0.4) is 0 Å². The van der Waals surface area contributed by atoms with Gasteiger partial charge in [0.15, 0.2) is 5.69 Å². The number of carboxylic acid groups (broad SMARTS) is 1. The second-order valence-electron chi connectivity index (χ2n) is 4.10. The molecule has 2 N–H and O–H groups in total. The van der Waals surface area contributed by atoms with E-state index in [2.05, 4.69) is 15.3 Å². The van der Waals surface area contributed by atoms with Gasteiger partial charge in [0.25, 0.3) is 0 Å². The van der Waals surface area contributed by atoms with Crippen LogP contribution in [0.15, 0.2) is 12.4 Å². The molecule has 1 aromatic rings. The first-order valence-electron chi connectivity index (χ1n) is 5.57. The fraction of sp³-hybridized carbons (Fsp3) is 0.545. The third-order valence-corrected chi connectivity index (χ3v) is 2.93. The van der Waals surface area contributed by atoms with Gasteiger partial charge in [-0.3, -0.25) is 4.98 Å². The first kappa shape index (κ1) is 11.8.